The van der Waals surface area contributed by atoms with Crippen molar-refractivity contribution in [2.45, 2.75) is 38.8 Å². The zero-order valence-electron chi connectivity index (χ0n) is 11.5. The molecule has 2 aliphatic heterocycles. The van der Waals surface area contributed by atoms with Crippen LogP contribution in [0.3, 0.4) is 0 Å². The number of nitrogens with zero attached hydrogens (tertiary/aromatic N) is 2. The van der Waals surface area contributed by atoms with Gasteiger partial charge in [-0.05, 0) is 56.3 Å². The molecule has 104 valence electrons. The second kappa shape index (κ2) is 5.17. The molecule has 3 heterocycles. The Morgan fingerprint density at radius 1 is 1.42 bits per heavy atom. The molecule has 2 saturated heterocycles. The van der Waals surface area contributed by atoms with Crippen molar-refractivity contribution in [3.05, 3.63) is 29.8 Å². The van der Waals surface area contributed by atoms with E-state index in [1.165, 1.54) is 25.5 Å². The Kier molecular flexibility index (Phi) is 3.54. The van der Waals surface area contributed by atoms with Gasteiger partial charge in [0.05, 0.1) is 6.20 Å². The van der Waals surface area contributed by atoms with Crippen LogP contribution in [-0.4, -0.2) is 35.6 Å². The number of halogens is 1. The summed E-state index contributed by atoms with van der Waals surface area (Å²) in [5.41, 5.74) is 1.48. The van der Waals surface area contributed by atoms with Gasteiger partial charge in [0.1, 0.15) is 5.82 Å². The smallest absolute Gasteiger partial charge is 0.141 e. The molecule has 4 heteroatoms. The first-order chi connectivity index (χ1) is 9.17. The van der Waals surface area contributed by atoms with Crippen LogP contribution in [0.2, 0.25) is 0 Å². The number of hydrogen-bond donors (Lipinski definition) is 1. The van der Waals surface area contributed by atoms with E-state index in [4.69, 9.17) is 0 Å². The molecule has 0 radical (unpaired) electrons. The molecular formula is C15H22FN3. The summed E-state index contributed by atoms with van der Waals surface area (Å²) < 4.78 is 13.2. The fraction of sp³-hybridized carbons (Fsp3) is 0.667. The zero-order chi connectivity index (χ0) is 13.3. The van der Waals surface area contributed by atoms with Crippen LogP contribution in [0.1, 0.15) is 31.7 Å². The van der Waals surface area contributed by atoms with E-state index in [1.54, 1.807) is 12.3 Å². The van der Waals surface area contributed by atoms with Gasteiger partial charge in [-0.15, -0.1) is 0 Å². The molecule has 1 aromatic rings. The van der Waals surface area contributed by atoms with Crippen LogP contribution >= 0.6 is 0 Å². The highest BCUT2D eigenvalue weighted by molar-refractivity contribution is 5.11. The third kappa shape index (κ3) is 2.79. The van der Waals surface area contributed by atoms with Crippen molar-refractivity contribution >= 4 is 0 Å². The number of piperidine rings is 1. The third-order valence-electron chi connectivity index (χ3n) is 4.70. The summed E-state index contributed by atoms with van der Waals surface area (Å²) in [5, 5.41) is 3.44. The Labute approximate surface area is 114 Å². The maximum Gasteiger partial charge on any atom is 0.141 e. The van der Waals surface area contributed by atoms with Crippen molar-refractivity contribution in [3.63, 3.8) is 0 Å². The first-order valence-electron chi connectivity index (χ1n) is 7.21. The van der Waals surface area contributed by atoms with Crippen LogP contribution in [0.5, 0.6) is 0 Å². The average molecular weight is 263 g/mol. The predicted molar refractivity (Wildman–Crippen MR) is 73.2 cm³/mol. The van der Waals surface area contributed by atoms with Gasteiger partial charge in [0, 0.05) is 25.3 Å². The molecule has 1 N–H and O–H groups in total. The Morgan fingerprint density at radius 3 is 2.95 bits per heavy atom. The lowest BCUT2D eigenvalue weighted by atomic mass is 9.77. The molecule has 1 spiro atoms. The number of hydrogen-bond acceptors (Lipinski definition) is 3. The molecule has 0 amide bonds. The summed E-state index contributed by atoms with van der Waals surface area (Å²) >= 11 is 0. The molecule has 0 aliphatic carbocycles. The van der Waals surface area contributed by atoms with E-state index in [9.17, 15) is 4.39 Å². The molecule has 1 atom stereocenters. The van der Waals surface area contributed by atoms with Gasteiger partial charge in [0.25, 0.3) is 0 Å². The summed E-state index contributed by atoms with van der Waals surface area (Å²) in [4.78, 5) is 6.43. The van der Waals surface area contributed by atoms with Crippen molar-refractivity contribution in [1.82, 2.24) is 15.2 Å². The van der Waals surface area contributed by atoms with Crippen LogP contribution in [0.15, 0.2) is 18.5 Å². The molecule has 3 nitrogen and oxygen atoms in total. The Morgan fingerprint density at radius 2 is 2.21 bits per heavy atom. The summed E-state index contributed by atoms with van der Waals surface area (Å²) in [6, 6.07) is 2.19. The molecule has 0 aromatic carbocycles. The van der Waals surface area contributed by atoms with E-state index in [0.29, 0.717) is 11.5 Å². The zero-order valence-corrected chi connectivity index (χ0v) is 11.5. The fourth-order valence-corrected chi connectivity index (χ4v) is 3.71. The van der Waals surface area contributed by atoms with Crippen LogP contribution in [0.4, 0.5) is 4.39 Å². The monoisotopic (exact) mass is 263 g/mol. The molecule has 1 unspecified atom stereocenters. The predicted octanol–water partition coefficient (Wildman–Crippen LogP) is 2.18. The SMILES string of the molecule is CC1CC2(CCNCC2)CN1Cc1cncc(F)c1. The standard InChI is InChI=1S/C15H22FN3/c1-12-7-15(2-4-17-5-3-15)11-19(12)10-13-6-14(16)9-18-8-13/h6,8-9,12,17H,2-5,7,10-11H2,1H3. The van der Waals surface area contributed by atoms with Crippen molar-refractivity contribution < 1.29 is 4.39 Å². The van der Waals surface area contributed by atoms with Gasteiger partial charge < -0.3 is 5.32 Å². The van der Waals surface area contributed by atoms with Gasteiger partial charge in [0.15, 0.2) is 0 Å². The molecular weight excluding hydrogens is 241 g/mol. The van der Waals surface area contributed by atoms with E-state index >= 15 is 0 Å². The second-order valence-electron chi connectivity index (χ2n) is 6.22. The summed E-state index contributed by atoms with van der Waals surface area (Å²) in [6.45, 7) is 6.54. The molecule has 2 aliphatic rings. The normalized spacial score (nSPS) is 26.9. The fourth-order valence-electron chi connectivity index (χ4n) is 3.71. The van der Waals surface area contributed by atoms with Crippen LogP contribution in [0.25, 0.3) is 0 Å². The number of pyridine rings is 1. The van der Waals surface area contributed by atoms with Crippen LogP contribution in [0, 0.1) is 11.2 Å². The Balaban J connectivity index is 1.68. The van der Waals surface area contributed by atoms with Crippen molar-refractivity contribution in [2.24, 2.45) is 5.41 Å². The number of aromatic nitrogens is 1. The van der Waals surface area contributed by atoms with Crippen LogP contribution < -0.4 is 5.32 Å². The number of rotatable bonds is 2. The Hall–Kier alpha value is -1.00. The lowest BCUT2D eigenvalue weighted by molar-refractivity contribution is 0.190. The summed E-state index contributed by atoms with van der Waals surface area (Å²) in [6.07, 6.45) is 6.87. The van der Waals surface area contributed by atoms with E-state index in [2.05, 4.69) is 22.1 Å². The largest absolute Gasteiger partial charge is 0.317 e. The van der Waals surface area contributed by atoms with Crippen molar-refractivity contribution in [3.8, 4) is 0 Å². The van der Waals surface area contributed by atoms with Crippen molar-refractivity contribution in [1.29, 1.82) is 0 Å². The molecule has 1 aromatic heterocycles. The van der Waals surface area contributed by atoms with E-state index in [1.807, 2.05) is 0 Å². The molecule has 19 heavy (non-hydrogen) atoms. The third-order valence-corrected chi connectivity index (χ3v) is 4.70. The minimum Gasteiger partial charge on any atom is -0.317 e. The highest BCUT2D eigenvalue weighted by atomic mass is 19.1. The topological polar surface area (TPSA) is 28.2 Å². The van der Waals surface area contributed by atoms with Crippen LogP contribution in [-0.2, 0) is 6.54 Å². The van der Waals surface area contributed by atoms with Gasteiger partial charge in [-0.3, -0.25) is 9.88 Å². The highest BCUT2D eigenvalue weighted by Gasteiger charge is 2.42. The van der Waals surface area contributed by atoms with Gasteiger partial charge >= 0.3 is 0 Å². The van der Waals surface area contributed by atoms with Crippen molar-refractivity contribution in [2.75, 3.05) is 19.6 Å². The Bertz CT molecular complexity index is 443. The molecule has 0 saturated carbocycles. The maximum absolute atomic E-state index is 13.2. The average Bonchev–Trinajstić information content (AvgIpc) is 2.66. The minimum atomic E-state index is -0.235. The summed E-state index contributed by atoms with van der Waals surface area (Å²) in [7, 11) is 0. The quantitative estimate of drug-likeness (QED) is 0.886. The van der Waals surface area contributed by atoms with Gasteiger partial charge in [-0.2, -0.15) is 0 Å². The lowest BCUT2D eigenvalue weighted by Gasteiger charge is -2.33. The first kappa shape index (κ1) is 13.0. The number of nitrogens with one attached hydrogen (secondary N) is 1. The molecule has 0 bridgehead atoms. The molecule has 2 fully saturated rings. The maximum atomic E-state index is 13.2. The van der Waals surface area contributed by atoms with Gasteiger partial charge in [0.2, 0.25) is 0 Å². The summed E-state index contributed by atoms with van der Waals surface area (Å²) in [5.74, 6) is -0.235. The van der Waals surface area contributed by atoms with E-state index < -0.39 is 0 Å². The minimum absolute atomic E-state index is 0.235. The lowest BCUT2D eigenvalue weighted by Crippen LogP contribution is -2.38. The molecule has 3 rings (SSSR count). The highest BCUT2D eigenvalue weighted by Crippen LogP contribution is 2.42. The van der Waals surface area contributed by atoms with E-state index in [0.717, 1.165) is 31.7 Å². The van der Waals surface area contributed by atoms with Gasteiger partial charge in [-0.25, -0.2) is 4.39 Å². The van der Waals surface area contributed by atoms with Gasteiger partial charge in [-0.1, -0.05) is 0 Å². The first-order valence-corrected chi connectivity index (χ1v) is 7.21. The second-order valence-corrected chi connectivity index (χ2v) is 6.22. The number of likely N-dealkylation sites (tertiary alicyclic amines) is 1. The van der Waals surface area contributed by atoms with E-state index in [-0.39, 0.29) is 5.82 Å².